The molecule has 0 spiro atoms. The lowest BCUT2D eigenvalue weighted by molar-refractivity contribution is 1.42. The molecule has 0 aromatic rings. The first-order chi connectivity index (χ1) is 3.81. The zero-order valence-electron chi connectivity index (χ0n) is 5.37. The summed E-state index contributed by atoms with van der Waals surface area (Å²) in [5.41, 5.74) is 0. The van der Waals surface area contributed by atoms with E-state index in [0.717, 1.165) is 10.6 Å². The molecule has 0 aliphatic carbocycles. The Bertz CT molecular complexity index is 101. The number of halogens is 1. The molecule has 0 aromatic heterocycles. The van der Waals surface area contributed by atoms with Gasteiger partial charge in [0.2, 0.25) is 0 Å². The van der Waals surface area contributed by atoms with Crippen molar-refractivity contribution in [3.63, 3.8) is 0 Å². The first kappa shape index (κ1) is 8.38. The van der Waals surface area contributed by atoms with Gasteiger partial charge in [0.05, 0.1) is 0 Å². The van der Waals surface area contributed by atoms with Crippen LogP contribution in [0.2, 0.25) is 10.6 Å². The van der Waals surface area contributed by atoms with Crippen LogP contribution in [0.15, 0.2) is 0 Å². The lowest BCUT2D eigenvalue weighted by Crippen LogP contribution is -1.96. The van der Waals surface area contributed by atoms with Crippen LogP contribution in [0.3, 0.4) is 0 Å². The third-order valence-electron chi connectivity index (χ3n) is 0.943. The predicted octanol–water partition coefficient (Wildman–Crippen LogP) is 2.26. The van der Waals surface area contributed by atoms with E-state index < -0.39 is 13.2 Å². The summed E-state index contributed by atoms with van der Waals surface area (Å²) in [6, 6.07) is 0. The maximum Gasteiger partial charge on any atom is 0.411 e. The molecular weight excluding hydrogens is 135 g/mol. The summed E-state index contributed by atoms with van der Waals surface area (Å²) in [6.07, 6.45) is 0. The molecular formula is C6H10AlCl. The molecule has 44 valence electrons. The van der Waals surface area contributed by atoms with Crippen LogP contribution in [0.5, 0.6) is 0 Å². The van der Waals surface area contributed by atoms with Crippen LogP contribution in [0.25, 0.3) is 0 Å². The molecule has 8 heavy (non-hydrogen) atoms. The third kappa shape index (κ3) is 4.54. The highest BCUT2D eigenvalue weighted by Crippen LogP contribution is 2.00. The van der Waals surface area contributed by atoms with Gasteiger partial charge in [0.1, 0.15) is 0 Å². The summed E-state index contributed by atoms with van der Waals surface area (Å²) >= 11 is -0.900. The molecule has 0 N–H and O–H groups in total. The fraction of sp³-hybridized carbons (Fsp3) is 0.667. The van der Waals surface area contributed by atoms with Gasteiger partial charge in [-0.15, -0.1) is 11.8 Å². The maximum absolute atomic E-state index is 5.88. The van der Waals surface area contributed by atoms with E-state index in [4.69, 9.17) is 10.0 Å². The van der Waals surface area contributed by atoms with Crippen molar-refractivity contribution in [1.29, 1.82) is 0 Å². The minimum Gasteiger partial charge on any atom is -0.260 e. The van der Waals surface area contributed by atoms with E-state index in [0.29, 0.717) is 0 Å². The zero-order valence-corrected chi connectivity index (χ0v) is 7.28. The first-order valence-electron chi connectivity index (χ1n) is 2.85. The van der Waals surface area contributed by atoms with E-state index in [9.17, 15) is 0 Å². The smallest absolute Gasteiger partial charge is 0.260 e. The molecule has 2 heteroatoms. The zero-order chi connectivity index (χ0) is 6.41. The van der Waals surface area contributed by atoms with Crippen molar-refractivity contribution in [3.05, 3.63) is 0 Å². The van der Waals surface area contributed by atoms with E-state index in [1.165, 1.54) is 0 Å². The van der Waals surface area contributed by atoms with E-state index in [2.05, 4.69) is 18.8 Å². The molecule has 0 rings (SSSR count). The SMILES string of the molecule is CC#C[CH2][Al]([Cl])[CH2]C. The highest BCUT2D eigenvalue weighted by Gasteiger charge is 2.07. The van der Waals surface area contributed by atoms with Crippen LogP contribution in [-0.2, 0) is 0 Å². The minimum absolute atomic E-state index is 0.900. The molecule has 0 aliphatic heterocycles. The lowest BCUT2D eigenvalue weighted by atomic mass is 10.7. The molecule has 0 saturated carbocycles. The molecule has 0 nitrogen and oxygen atoms in total. The summed E-state index contributed by atoms with van der Waals surface area (Å²) in [5.74, 6) is 5.81. The highest BCUT2D eigenvalue weighted by molar-refractivity contribution is 7.07. The average molecular weight is 145 g/mol. The number of rotatable bonds is 2. The predicted molar refractivity (Wildman–Crippen MR) is 40.3 cm³/mol. The van der Waals surface area contributed by atoms with Crippen molar-refractivity contribution < 1.29 is 0 Å². The van der Waals surface area contributed by atoms with E-state index in [1.807, 2.05) is 6.92 Å². The fourth-order valence-electron chi connectivity index (χ4n) is 0.357. The third-order valence-corrected chi connectivity index (χ3v) is 3.87. The Hall–Kier alpha value is 0.382. The van der Waals surface area contributed by atoms with Gasteiger partial charge in [-0.3, -0.25) is 10.0 Å². The van der Waals surface area contributed by atoms with Gasteiger partial charge in [-0.1, -0.05) is 12.2 Å². The number of hydrogen-bond donors (Lipinski definition) is 0. The molecule has 0 fully saturated rings. The molecule has 0 saturated heterocycles. The molecule has 0 aliphatic rings. The van der Waals surface area contributed by atoms with Gasteiger partial charge >= 0.3 is 13.2 Å². The fourth-order valence-corrected chi connectivity index (χ4v) is 1.30. The Labute approximate surface area is 59.8 Å². The average Bonchev–Trinajstić information content (AvgIpc) is 1.83. The summed E-state index contributed by atoms with van der Waals surface area (Å²) in [6.45, 7) is 3.98. The molecule has 0 bridgehead atoms. The van der Waals surface area contributed by atoms with Gasteiger partial charge in [-0.05, 0) is 12.2 Å². The van der Waals surface area contributed by atoms with E-state index in [1.54, 1.807) is 0 Å². The second-order valence-electron chi connectivity index (χ2n) is 1.64. The molecule has 0 radical (unpaired) electrons. The lowest BCUT2D eigenvalue weighted by Gasteiger charge is -1.87. The van der Waals surface area contributed by atoms with Gasteiger partial charge in [0, 0.05) is 0 Å². The van der Waals surface area contributed by atoms with Crippen LogP contribution in [0.1, 0.15) is 13.8 Å². The molecule has 0 unspecified atom stereocenters. The summed E-state index contributed by atoms with van der Waals surface area (Å²) in [4.78, 5) is 0. The van der Waals surface area contributed by atoms with Crippen molar-refractivity contribution >= 4 is 23.3 Å². The summed E-state index contributed by atoms with van der Waals surface area (Å²) in [5, 5.41) is 2.12. The monoisotopic (exact) mass is 144 g/mol. The Morgan fingerprint density at radius 3 is 2.62 bits per heavy atom. The number of hydrogen-bond acceptors (Lipinski definition) is 0. The Balaban J connectivity index is 3.19. The molecule has 0 atom stereocenters. The maximum atomic E-state index is 5.88. The van der Waals surface area contributed by atoms with Crippen LogP contribution in [0, 0.1) is 11.8 Å². The van der Waals surface area contributed by atoms with Crippen LogP contribution >= 0.6 is 10.0 Å². The normalized spacial score (nSPS) is 7.38. The van der Waals surface area contributed by atoms with Gasteiger partial charge in [0.15, 0.2) is 0 Å². The van der Waals surface area contributed by atoms with Crippen LogP contribution in [0.4, 0.5) is 0 Å². The Morgan fingerprint density at radius 1 is 1.62 bits per heavy atom. The summed E-state index contributed by atoms with van der Waals surface area (Å²) in [7, 11) is 5.88. The van der Waals surface area contributed by atoms with Gasteiger partial charge in [-0.2, -0.15) is 0 Å². The summed E-state index contributed by atoms with van der Waals surface area (Å²) < 4.78 is 0. The second-order valence-corrected chi connectivity index (χ2v) is 5.91. The van der Waals surface area contributed by atoms with Crippen molar-refractivity contribution in [1.82, 2.24) is 0 Å². The highest BCUT2D eigenvalue weighted by atomic mass is 35.6. The molecule has 0 amide bonds. The largest absolute Gasteiger partial charge is 0.411 e. The van der Waals surface area contributed by atoms with Crippen LogP contribution < -0.4 is 0 Å². The first-order valence-corrected chi connectivity index (χ1v) is 6.22. The minimum atomic E-state index is -0.900. The van der Waals surface area contributed by atoms with Gasteiger partial charge in [-0.25, -0.2) is 0 Å². The van der Waals surface area contributed by atoms with E-state index in [-0.39, 0.29) is 0 Å². The standard InChI is InChI=1S/C4H5.C2H5.Al.ClH/c1-3-4-2;1-2;;/h1H2,2H3;1H2,2H3;;1H/q;;+1;/p-1. The molecule has 0 heterocycles. The van der Waals surface area contributed by atoms with Crippen molar-refractivity contribution in [2.24, 2.45) is 0 Å². The molecule has 0 aromatic carbocycles. The van der Waals surface area contributed by atoms with E-state index >= 15 is 0 Å². The van der Waals surface area contributed by atoms with Crippen molar-refractivity contribution in [3.8, 4) is 11.8 Å². The van der Waals surface area contributed by atoms with Gasteiger partial charge < -0.3 is 0 Å². The second kappa shape index (κ2) is 5.52. The van der Waals surface area contributed by atoms with Crippen molar-refractivity contribution in [2.75, 3.05) is 0 Å². The van der Waals surface area contributed by atoms with Gasteiger partial charge in [0.25, 0.3) is 0 Å². The quantitative estimate of drug-likeness (QED) is 0.412. The topological polar surface area (TPSA) is 0 Å². The van der Waals surface area contributed by atoms with Crippen LogP contribution in [-0.4, -0.2) is 13.2 Å². The van der Waals surface area contributed by atoms with Crippen molar-refractivity contribution in [2.45, 2.75) is 24.4 Å². The Kier molecular flexibility index (Phi) is 5.78. The Morgan fingerprint density at radius 2 is 2.25 bits per heavy atom.